The van der Waals surface area contributed by atoms with Crippen molar-refractivity contribution in [1.82, 2.24) is 4.90 Å². The molecule has 0 atom stereocenters. The van der Waals surface area contributed by atoms with E-state index < -0.39 is 5.97 Å². The number of aromatic carboxylic acids is 1. The molecule has 0 radical (unpaired) electrons. The van der Waals surface area contributed by atoms with E-state index in [4.69, 9.17) is 5.11 Å². The molecule has 0 unspecified atom stereocenters. The minimum Gasteiger partial charge on any atom is -0.478 e. The second-order valence-electron chi connectivity index (χ2n) is 5.12. The zero-order valence-corrected chi connectivity index (χ0v) is 12.0. The van der Waals surface area contributed by atoms with Crippen LogP contribution < -0.4 is 0 Å². The number of benzene rings is 1. The van der Waals surface area contributed by atoms with Gasteiger partial charge >= 0.3 is 5.97 Å². The van der Waals surface area contributed by atoms with Gasteiger partial charge in [-0.25, -0.2) is 4.79 Å². The van der Waals surface area contributed by atoms with Crippen LogP contribution in [0.4, 0.5) is 0 Å². The standard InChI is InChI=1S/C16H17NO2S/c18-16(19)14-11-20-15-10-17(9-7-13(14)15)8-6-12-4-2-1-3-5-12/h1-5,11H,6-10H2,(H,18,19). The first-order valence-electron chi connectivity index (χ1n) is 6.83. The van der Waals surface area contributed by atoms with Crippen molar-refractivity contribution in [2.45, 2.75) is 19.4 Å². The van der Waals surface area contributed by atoms with E-state index in [1.54, 1.807) is 16.7 Å². The van der Waals surface area contributed by atoms with Crippen molar-refractivity contribution in [3.05, 3.63) is 57.3 Å². The molecule has 0 amide bonds. The maximum Gasteiger partial charge on any atom is 0.336 e. The lowest BCUT2D eigenvalue weighted by molar-refractivity contribution is 0.0695. The van der Waals surface area contributed by atoms with Crippen molar-refractivity contribution < 1.29 is 9.90 Å². The van der Waals surface area contributed by atoms with Gasteiger partial charge in [0.15, 0.2) is 0 Å². The van der Waals surface area contributed by atoms with Gasteiger partial charge in [-0.15, -0.1) is 11.3 Å². The Morgan fingerprint density at radius 1 is 1.30 bits per heavy atom. The lowest BCUT2D eigenvalue weighted by Crippen LogP contribution is -2.32. The highest BCUT2D eigenvalue weighted by atomic mass is 32.1. The summed E-state index contributed by atoms with van der Waals surface area (Å²) in [6.45, 7) is 2.88. The molecule has 0 fully saturated rings. The third kappa shape index (κ3) is 2.76. The van der Waals surface area contributed by atoms with E-state index in [2.05, 4.69) is 29.2 Å². The zero-order chi connectivity index (χ0) is 13.9. The fraction of sp³-hybridized carbons (Fsp3) is 0.312. The van der Waals surface area contributed by atoms with Gasteiger partial charge in [-0.1, -0.05) is 30.3 Å². The summed E-state index contributed by atoms with van der Waals surface area (Å²) in [5.41, 5.74) is 2.92. The van der Waals surface area contributed by atoms with Crippen LogP contribution in [-0.2, 0) is 19.4 Å². The van der Waals surface area contributed by atoms with Gasteiger partial charge in [-0.2, -0.15) is 0 Å². The number of hydrogen-bond acceptors (Lipinski definition) is 3. The number of nitrogens with zero attached hydrogens (tertiary/aromatic N) is 1. The van der Waals surface area contributed by atoms with Crippen LogP contribution in [-0.4, -0.2) is 29.1 Å². The second kappa shape index (κ2) is 5.77. The van der Waals surface area contributed by atoms with Crippen molar-refractivity contribution in [3.63, 3.8) is 0 Å². The fourth-order valence-corrected chi connectivity index (χ4v) is 3.80. The summed E-state index contributed by atoms with van der Waals surface area (Å²) in [7, 11) is 0. The molecule has 3 rings (SSSR count). The molecule has 2 aromatic rings. The zero-order valence-electron chi connectivity index (χ0n) is 11.2. The number of fused-ring (bicyclic) bond motifs is 1. The van der Waals surface area contributed by atoms with Gasteiger partial charge in [0.25, 0.3) is 0 Å². The molecular formula is C16H17NO2S. The monoisotopic (exact) mass is 287 g/mol. The molecule has 1 aromatic heterocycles. The van der Waals surface area contributed by atoms with Gasteiger partial charge in [-0.05, 0) is 24.0 Å². The normalized spacial score (nSPS) is 15.0. The highest BCUT2D eigenvalue weighted by molar-refractivity contribution is 7.10. The molecule has 2 heterocycles. The maximum atomic E-state index is 11.1. The first-order chi connectivity index (χ1) is 9.74. The van der Waals surface area contributed by atoms with E-state index in [1.165, 1.54) is 10.4 Å². The van der Waals surface area contributed by atoms with Crippen LogP contribution in [0.3, 0.4) is 0 Å². The van der Waals surface area contributed by atoms with Crippen LogP contribution in [0.15, 0.2) is 35.7 Å². The number of carboxylic acid groups (broad SMARTS) is 1. The molecule has 4 heteroatoms. The summed E-state index contributed by atoms with van der Waals surface area (Å²) in [6, 6.07) is 10.5. The molecule has 20 heavy (non-hydrogen) atoms. The molecule has 1 aromatic carbocycles. The van der Waals surface area contributed by atoms with Crippen LogP contribution >= 0.6 is 11.3 Å². The van der Waals surface area contributed by atoms with Crippen molar-refractivity contribution in [2.75, 3.05) is 13.1 Å². The molecule has 1 aliphatic rings. The number of rotatable bonds is 4. The summed E-state index contributed by atoms with van der Waals surface area (Å²) in [6.07, 6.45) is 1.91. The van der Waals surface area contributed by atoms with Gasteiger partial charge in [0, 0.05) is 29.9 Å². The minimum absolute atomic E-state index is 0.507. The fourth-order valence-electron chi connectivity index (χ4n) is 2.68. The van der Waals surface area contributed by atoms with E-state index in [1.807, 2.05) is 6.07 Å². The minimum atomic E-state index is -0.791. The van der Waals surface area contributed by atoms with Crippen LogP contribution in [0.5, 0.6) is 0 Å². The molecule has 0 saturated heterocycles. The Labute approximate surface area is 122 Å². The van der Waals surface area contributed by atoms with Crippen molar-refractivity contribution in [1.29, 1.82) is 0 Å². The predicted octanol–water partition coefficient (Wildman–Crippen LogP) is 3.05. The van der Waals surface area contributed by atoms with E-state index in [0.717, 1.165) is 38.0 Å². The SMILES string of the molecule is O=C(O)c1csc2c1CCN(CCc1ccccc1)C2. The van der Waals surface area contributed by atoms with Crippen LogP contribution in [0.2, 0.25) is 0 Å². The van der Waals surface area contributed by atoms with Crippen molar-refractivity contribution >= 4 is 17.3 Å². The summed E-state index contributed by atoms with van der Waals surface area (Å²) in [5.74, 6) is -0.791. The third-order valence-corrected chi connectivity index (χ3v) is 4.83. The van der Waals surface area contributed by atoms with Crippen LogP contribution in [0.25, 0.3) is 0 Å². The third-order valence-electron chi connectivity index (χ3n) is 3.82. The molecule has 0 aliphatic carbocycles. The average molecular weight is 287 g/mol. The number of hydrogen-bond donors (Lipinski definition) is 1. The molecular weight excluding hydrogens is 270 g/mol. The highest BCUT2D eigenvalue weighted by Crippen LogP contribution is 2.28. The summed E-state index contributed by atoms with van der Waals surface area (Å²) < 4.78 is 0. The maximum absolute atomic E-state index is 11.1. The van der Waals surface area contributed by atoms with E-state index in [-0.39, 0.29) is 0 Å². The quantitative estimate of drug-likeness (QED) is 0.939. The Kier molecular flexibility index (Phi) is 3.85. The topological polar surface area (TPSA) is 40.5 Å². The van der Waals surface area contributed by atoms with E-state index in [0.29, 0.717) is 5.56 Å². The average Bonchev–Trinajstić information content (AvgIpc) is 2.89. The van der Waals surface area contributed by atoms with Gasteiger partial charge in [0.1, 0.15) is 0 Å². The van der Waals surface area contributed by atoms with Gasteiger partial charge < -0.3 is 5.11 Å². The highest BCUT2D eigenvalue weighted by Gasteiger charge is 2.23. The van der Waals surface area contributed by atoms with Gasteiger partial charge in [0.2, 0.25) is 0 Å². The summed E-state index contributed by atoms with van der Waals surface area (Å²) in [5, 5.41) is 10.9. The molecule has 1 N–H and O–H groups in total. The first-order valence-corrected chi connectivity index (χ1v) is 7.71. The molecule has 0 bridgehead atoms. The number of thiophene rings is 1. The smallest absolute Gasteiger partial charge is 0.336 e. The van der Waals surface area contributed by atoms with Gasteiger partial charge in [-0.3, -0.25) is 4.90 Å². The van der Waals surface area contributed by atoms with Crippen LogP contribution in [0.1, 0.15) is 26.4 Å². The number of carboxylic acids is 1. The Morgan fingerprint density at radius 2 is 2.10 bits per heavy atom. The van der Waals surface area contributed by atoms with E-state index >= 15 is 0 Å². The van der Waals surface area contributed by atoms with Crippen molar-refractivity contribution in [3.8, 4) is 0 Å². The summed E-state index contributed by atoms with van der Waals surface area (Å²) in [4.78, 5) is 14.8. The van der Waals surface area contributed by atoms with E-state index in [9.17, 15) is 4.79 Å². The molecule has 3 nitrogen and oxygen atoms in total. The molecule has 0 spiro atoms. The summed E-state index contributed by atoms with van der Waals surface area (Å²) >= 11 is 1.58. The number of carbonyl (C=O) groups is 1. The Morgan fingerprint density at radius 3 is 2.85 bits per heavy atom. The Bertz CT molecular complexity index is 606. The first kappa shape index (κ1) is 13.3. The molecule has 0 saturated carbocycles. The van der Waals surface area contributed by atoms with Gasteiger partial charge in [0.05, 0.1) is 5.56 Å². The van der Waals surface area contributed by atoms with Crippen LogP contribution in [0, 0.1) is 0 Å². The Balaban J connectivity index is 1.63. The van der Waals surface area contributed by atoms with Crippen molar-refractivity contribution in [2.24, 2.45) is 0 Å². The molecule has 104 valence electrons. The Hall–Kier alpha value is -1.65. The second-order valence-corrected chi connectivity index (χ2v) is 6.08. The lowest BCUT2D eigenvalue weighted by Gasteiger charge is -2.27. The lowest BCUT2D eigenvalue weighted by atomic mass is 10.0. The molecule has 1 aliphatic heterocycles. The largest absolute Gasteiger partial charge is 0.478 e. The predicted molar refractivity (Wildman–Crippen MR) is 80.4 cm³/mol.